The van der Waals surface area contributed by atoms with Gasteiger partial charge in [-0.2, -0.15) is 5.26 Å². The predicted molar refractivity (Wildman–Crippen MR) is 75.9 cm³/mol. The fourth-order valence-electron chi connectivity index (χ4n) is 2.05. The summed E-state index contributed by atoms with van der Waals surface area (Å²) in [7, 11) is 1.69. The van der Waals surface area contributed by atoms with Crippen molar-refractivity contribution in [1.82, 2.24) is 4.57 Å². The van der Waals surface area contributed by atoms with E-state index in [9.17, 15) is 4.79 Å². The summed E-state index contributed by atoms with van der Waals surface area (Å²) in [5.74, 6) is 0.485. The Balaban J connectivity index is 2.51. The molecule has 0 aliphatic rings. The fourth-order valence-corrected chi connectivity index (χ4v) is 2.05. The van der Waals surface area contributed by atoms with Gasteiger partial charge in [0, 0.05) is 7.05 Å². The number of pyridine rings is 1. The summed E-state index contributed by atoms with van der Waals surface area (Å²) in [6.45, 7) is 4.29. The summed E-state index contributed by atoms with van der Waals surface area (Å²) in [6.07, 6.45) is 0. The van der Waals surface area contributed by atoms with E-state index in [0.717, 1.165) is 11.3 Å². The topological polar surface area (TPSA) is 45.8 Å². The van der Waals surface area contributed by atoms with Crippen LogP contribution in [0.15, 0.2) is 41.2 Å². The molecular formula is C16H16N2O. The van der Waals surface area contributed by atoms with Gasteiger partial charge in [0.1, 0.15) is 11.6 Å². The van der Waals surface area contributed by atoms with Crippen LogP contribution in [0.5, 0.6) is 0 Å². The Kier molecular flexibility index (Phi) is 3.52. The van der Waals surface area contributed by atoms with Gasteiger partial charge in [-0.1, -0.05) is 38.1 Å². The predicted octanol–water partition coefficient (Wildman–Crippen LogP) is 3.05. The molecule has 3 nitrogen and oxygen atoms in total. The first-order valence-electron chi connectivity index (χ1n) is 6.25. The van der Waals surface area contributed by atoms with Gasteiger partial charge in [0.2, 0.25) is 0 Å². The SMILES string of the molecule is CC(C)c1ccc(-c2ccc(C#N)c(=O)n2C)cc1. The van der Waals surface area contributed by atoms with Crippen molar-refractivity contribution in [2.24, 2.45) is 7.05 Å². The summed E-state index contributed by atoms with van der Waals surface area (Å²) < 4.78 is 1.52. The number of hydrogen-bond acceptors (Lipinski definition) is 2. The quantitative estimate of drug-likeness (QED) is 0.824. The van der Waals surface area contributed by atoms with Crippen molar-refractivity contribution in [2.45, 2.75) is 19.8 Å². The first-order valence-corrected chi connectivity index (χ1v) is 6.25. The molecule has 19 heavy (non-hydrogen) atoms. The lowest BCUT2D eigenvalue weighted by Crippen LogP contribution is -2.20. The Bertz CT molecular complexity index is 688. The molecule has 96 valence electrons. The minimum absolute atomic E-state index is 0.171. The highest BCUT2D eigenvalue weighted by Crippen LogP contribution is 2.21. The largest absolute Gasteiger partial charge is 0.310 e. The molecule has 0 bridgehead atoms. The molecule has 2 rings (SSSR count). The van der Waals surface area contributed by atoms with Gasteiger partial charge in [-0.3, -0.25) is 4.79 Å². The normalized spacial score (nSPS) is 10.5. The second-order valence-corrected chi connectivity index (χ2v) is 4.88. The smallest absolute Gasteiger partial charge is 0.268 e. The van der Waals surface area contributed by atoms with Crippen molar-refractivity contribution in [2.75, 3.05) is 0 Å². The Morgan fingerprint density at radius 2 is 1.74 bits per heavy atom. The van der Waals surface area contributed by atoms with E-state index in [4.69, 9.17) is 5.26 Å². The highest BCUT2D eigenvalue weighted by atomic mass is 16.1. The first-order chi connectivity index (χ1) is 9.04. The van der Waals surface area contributed by atoms with E-state index in [2.05, 4.69) is 26.0 Å². The number of benzene rings is 1. The van der Waals surface area contributed by atoms with E-state index >= 15 is 0 Å². The number of hydrogen-bond donors (Lipinski definition) is 0. The average molecular weight is 252 g/mol. The summed E-state index contributed by atoms with van der Waals surface area (Å²) in [4.78, 5) is 11.9. The molecule has 0 saturated heterocycles. The Morgan fingerprint density at radius 1 is 1.11 bits per heavy atom. The Hall–Kier alpha value is -2.34. The van der Waals surface area contributed by atoms with Crippen molar-refractivity contribution in [1.29, 1.82) is 5.26 Å². The zero-order chi connectivity index (χ0) is 14.0. The molecule has 0 aliphatic heterocycles. The summed E-state index contributed by atoms with van der Waals surface area (Å²) >= 11 is 0. The monoisotopic (exact) mass is 252 g/mol. The molecule has 0 amide bonds. The van der Waals surface area contributed by atoms with E-state index in [1.165, 1.54) is 10.1 Å². The summed E-state index contributed by atoms with van der Waals surface area (Å²) in [5.41, 5.74) is 2.98. The maximum Gasteiger partial charge on any atom is 0.268 e. The minimum atomic E-state index is -0.257. The number of aromatic nitrogens is 1. The second kappa shape index (κ2) is 5.11. The molecule has 0 N–H and O–H groups in total. The third-order valence-corrected chi connectivity index (χ3v) is 3.30. The minimum Gasteiger partial charge on any atom is -0.310 e. The number of rotatable bonds is 2. The van der Waals surface area contributed by atoms with Gasteiger partial charge < -0.3 is 4.57 Å². The van der Waals surface area contributed by atoms with Gasteiger partial charge in [0.25, 0.3) is 5.56 Å². The Labute approximate surface area is 112 Å². The van der Waals surface area contributed by atoms with Crippen LogP contribution in [-0.4, -0.2) is 4.57 Å². The van der Waals surface area contributed by atoms with Crippen molar-refractivity contribution in [3.63, 3.8) is 0 Å². The van der Waals surface area contributed by atoms with Crippen molar-refractivity contribution >= 4 is 0 Å². The van der Waals surface area contributed by atoms with E-state index in [1.54, 1.807) is 13.1 Å². The fraction of sp³-hybridized carbons (Fsp3) is 0.250. The van der Waals surface area contributed by atoms with Crippen LogP contribution in [0.2, 0.25) is 0 Å². The lowest BCUT2D eigenvalue weighted by Gasteiger charge is -2.10. The van der Waals surface area contributed by atoms with Gasteiger partial charge in [-0.05, 0) is 29.2 Å². The Morgan fingerprint density at radius 3 is 2.26 bits per heavy atom. The summed E-state index contributed by atoms with van der Waals surface area (Å²) in [5, 5.41) is 8.84. The van der Waals surface area contributed by atoms with Crippen LogP contribution in [0.3, 0.4) is 0 Å². The van der Waals surface area contributed by atoms with Crippen LogP contribution in [0.4, 0.5) is 0 Å². The molecule has 0 aliphatic carbocycles. The molecule has 1 heterocycles. The second-order valence-electron chi connectivity index (χ2n) is 4.88. The lowest BCUT2D eigenvalue weighted by molar-refractivity contribution is 0.859. The lowest BCUT2D eigenvalue weighted by atomic mass is 10.0. The average Bonchev–Trinajstić information content (AvgIpc) is 2.42. The van der Waals surface area contributed by atoms with Crippen LogP contribution < -0.4 is 5.56 Å². The van der Waals surface area contributed by atoms with Crippen molar-refractivity contribution in [3.8, 4) is 17.3 Å². The molecule has 1 aromatic heterocycles. The highest BCUT2D eigenvalue weighted by molar-refractivity contribution is 5.60. The third kappa shape index (κ3) is 2.43. The van der Waals surface area contributed by atoms with E-state index in [0.29, 0.717) is 5.92 Å². The zero-order valence-electron chi connectivity index (χ0n) is 11.3. The molecule has 1 aromatic carbocycles. The third-order valence-electron chi connectivity index (χ3n) is 3.30. The van der Waals surface area contributed by atoms with Gasteiger partial charge in [-0.15, -0.1) is 0 Å². The van der Waals surface area contributed by atoms with Crippen LogP contribution in [-0.2, 0) is 7.05 Å². The molecule has 3 heteroatoms. The van der Waals surface area contributed by atoms with Gasteiger partial charge in [0.05, 0.1) is 5.69 Å². The van der Waals surface area contributed by atoms with Crippen molar-refractivity contribution in [3.05, 3.63) is 57.9 Å². The van der Waals surface area contributed by atoms with Crippen molar-refractivity contribution < 1.29 is 0 Å². The molecule has 0 fully saturated rings. The highest BCUT2D eigenvalue weighted by Gasteiger charge is 2.07. The number of nitriles is 1. The zero-order valence-corrected chi connectivity index (χ0v) is 11.3. The molecular weight excluding hydrogens is 236 g/mol. The van der Waals surface area contributed by atoms with Crippen LogP contribution in [0, 0.1) is 11.3 Å². The number of nitrogens with zero attached hydrogens (tertiary/aromatic N) is 2. The molecule has 2 aromatic rings. The standard InChI is InChI=1S/C16H16N2O/c1-11(2)12-4-6-13(7-5-12)15-9-8-14(10-17)16(19)18(15)3/h4-9,11H,1-3H3. The molecule has 0 atom stereocenters. The molecule has 0 spiro atoms. The van der Waals surface area contributed by atoms with E-state index in [1.807, 2.05) is 24.3 Å². The van der Waals surface area contributed by atoms with Crippen LogP contribution >= 0.6 is 0 Å². The molecule has 0 unspecified atom stereocenters. The molecule has 0 saturated carbocycles. The summed E-state index contributed by atoms with van der Waals surface area (Å²) in [6, 6.07) is 13.5. The van der Waals surface area contributed by atoms with Crippen LogP contribution in [0.1, 0.15) is 30.9 Å². The first kappa shape index (κ1) is 13.1. The van der Waals surface area contributed by atoms with Gasteiger partial charge in [0.15, 0.2) is 0 Å². The molecule has 0 radical (unpaired) electrons. The van der Waals surface area contributed by atoms with Gasteiger partial charge >= 0.3 is 0 Å². The maximum atomic E-state index is 11.9. The van der Waals surface area contributed by atoms with E-state index < -0.39 is 0 Å². The van der Waals surface area contributed by atoms with Crippen LogP contribution in [0.25, 0.3) is 11.3 Å². The van der Waals surface area contributed by atoms with E-state index in [-0.39, 0.29) is 11.1 Å². The maximum absolute atomic E-state index is 11.9. The van der Waals surface area contributed by atoms with Gasteiger partial charge in [-0.25, -0.2) is 0 Å².